The fourth-order valence-corrected chi connectivity index (χ4v) is 16.4. The highest BCUT2D eigenvalue weighted by atomic mass is 28.3. The monoisotopic (exact) mass is 856 g/mol. The second kappa shape index (κ2) is 15.4. The highest BCUT2D eigenvalue weighted by Gasteiger charge is 2.58. The number of anilines is 2. The fraction of sp³-hybridized carbons (Fsp3) is 0.138. The van der Waals surface area contributed by atoms with Crippen molar-refractivity contribution in [3.8, 4) is 28.7 Å². The number of pyridine rings is 1. The van der Waals surface area contributed by atoms with Crippen LogP contribution in [0.4, 0.5) is 11.4 Å². The van der Waals surface area contributed by atoms with E-state index in [0.29, 0.717) is 17.6 Å². The minimum Gasteiger partial charge on any atom is -0.333 e. The predicted molar refractivity (Wildman–Crippen MR) is 269 cm³/mol. The molecule has 0 saturated heterocycles. The Morgan fingerprint density at radius 2 is 1.05 bits per heavy atom. The number of rotatable bonds is 8. The topological polar surface area (TPSA) is 59.7 Å². The zero-order valence-electron chi connectivity index (χ0n) is 36.6. The minimum absolute atomic E-state index is 0.0396. The zero-order valence-corrected chi connectivity index (χ0v) is 37.6. The van der Waals surface area contributed by atoms with Crippen LogP contribution in [0.25, 0.3) is 50.5 Å². The normalized spacial score (nSPS) is 18.2. The van der Waals surface area contributed by atoms with Gasteiger partial charge in [0.05, 0.1) is 34.1 Å². The second-order valence-electron chi connectivity index (χ2n) is 18.1. The summed E-state index contributed by atoms with van der Waals surface area (Å²) in [6.45, 7) is 4.92. The number of nitrogens with zero attached hydrogens (tertiary/aromatic N) is 6. The molecule has 10 aromatic rings. The summed E-state index contributed by atoms with van der Waals surface area (Å²) >= 11 is 0. The van der Waals surface area contributed by atoms with E-state index in [-0.39, 0.29) is 11.0 Å². The molecule has 1 saturated carbocycles. The van der Waals surface area contributed by atoms with Crippen LogP contribution in [-0.2, 0) is 5.41 Å². The van der Waals surface area contributed by atoms with Gasteiger partial charge in [-0.15, -0.1) is 0 Å². The molecular formula is C58H48N6Si. The number of hydrogen-bond acceptors (Lipinski definition) is 5. The number of aromatic nitrogens is 5. The van der Waals surface area contributed by atoms with Crippen LogP contribution in [0.15, 0.2) is 207 Å². The van der Waals surface area contributed by atoms with Crippen LogP contribution < -0.4 is 25.6 Å². The van der Waals surface area contributed by atoms with Crippen LogP contribution in [-0.4, -0.2) is 38.1 Å². The molecule has 7 aromatic carbocycles. The summed E-state index contributed by atoms with van der Waals surface area (Å²) in [4.78, 5) is 23.9. The van der Waals surface area contributed by atoms with Crippen LogP contribution in [0.5, 0.6) is 0 Å². The number of para-hydroxylation sites is 3. The van der Waals surface area contributed by atoms with E-state index in [1.807, 2.05) is 6.20 Å². The van der Waals surface area contributed by atoms with Crippen LogP contribution in [0.2, 0.25) is 0 Å². The Morgan fingerprint density at radius 3 is 1.71 bits per heavy atom. The number of hydrogen-bond donors (Lipinski definition) is 0. The van der Waals surface area contributed by atoms with Gasteiger partial charge in [-0.1, -0.05) is 184 Å². The van der Waals surface area contributed by atoms with E-state index in [0.717, 1.165) is 51.5 Å². The van der Waals surface area contributed by atoms with Gasteiger partial charge in [0, 0.05) is 33.5 Å². The van der Waals surface area contributed by atoms with Crippen molar-refractivity contribution in [1.82, 2.24) is 24.5 Å². The Kier molecular flexibility index (Phi) is 9.24. The van der Waals surface area contributed by atoms with Gasteiger partial charge in [-0.05, 0) is 76.4 Å². The molecule has 314 valence electrons. The highest BCUT2D eigenvalue weighted by Crippen LogP contribution is 2.61. The van der Waals surface area contributed by atoms with Crippen molar-refractivity contribution in [2.75, 3.05) is 4.90 Å². The standard InChI is InChI=1S/C58H48N6Si/c1-57-36-18-19-37-58(57,2)64(53-40-59-38-35-49(53)57)52-34-17-14-31-48(52)55-60-54(61-56(62-55)63-50-32-15-12-29-46(50)47-30-13-16-33-51(47)63)41-21-20-28-45(39-41)65(42-22-6-3-7-23-42,43-24-8-4-9-25-43)44-26-10-5-11-27-44/h3-17,20-35,38-40H,18-19,36-37H2,1-2H3. The quantitative estimate of drug-likeness (QED) is 0.113. The van der Waals surface area contributed by atoms with Gasteiger partial charge in [-0.3, -0.25) is 9.55 Å². The third-order valence-corrected chi connectivity index (χ3v) is 19.6. The Bertz CT molecular complexity index is 3240. The molecule has 1 aliphatic carbocycles. The van der Waals surface area contributed by atoms with E-state index >= 15 is 0 Å². The van der Waals surface area contributed by atoms with Crippen molar-refractivity contribution in [3.05, 3.63) is 212 Å². The molecule has 0 N–H and O–H groups in total. The molecule has 1 aliphatic heterocycles. The summed E-state index contributed by atoms with van der Waals surface area (Å²) in [5.41, 5.74) is 7.40. The molecule has 7 heteroatoms. The predicted octanol–water partition coefficient (Wildman–Crippen LogP) is 10.8. The Morgan fingerprint density at radius 1 is 0.492 bits per heavy atom. The third kappa shape index (κ3) is 5.91. The molecule has 2 atom stereocenters. The Labute approximate surface area is 381 Å². The van der Waals surface area contributed by atoms with Gasteiger partial charge in [0.25, 0.3) is 0 Å². The van der Waals surface area contributed by atoms with Gasteiger partial charge >= 0.3 is 0 Å². The minimum atomic E-state index is -2.86. The molecule has 0 radical (unpaired) electrons. The first kappa shape index (κ1) is 39.1. The summed E-state index contributed by atoms with van der Waals surface area (Å²) < 4.78 is 2.22. The van der Waals surface area contributed by atoms with Crippen molar-refractivity contribution in [2.24, 2.45) is 0 Å². The average molecular weight is 857 g/mol. The first-order valence-corrected chi connectivity index (χ1v) is 24.9. The van der Waals surface area contributed by atoms with Gasteiger partial charge < -0.3 is 4.90 Å². The van der Waals surface area contributed by atoms with Crippen LogP contribution in [0.3, 0.4) is 0 Å². The summed E-state index contributed by atoms with van der Waals surface area (Å²) in [5.74, 6) is 1.83. The zero-order chi connectivity index (χ0) is 43.6. The molecule has 0 bridgehead atoms. The lowest BCUT2D eigenvalue weighted by atomic mass is 9.61. The van der Waals surface area contributed by atoms with Crippen molar-refractivity contribution >= 4 is 62.0 Å². The van der Waals surface area contributed by atoms with E-state index < -0.39 is 8.07 Å². The van der Waals surface area contributed by atoms with E-state index in [1.165, 1.54) is 44.8 Å². The Hall–Kier alpha value is -7.48. The van der Waals surface area contributed by atoms with Gasteiger partial charge in [0.15, 0.2) is 19.7 Å². The van der Waals surface area contributed by atoms with Crippen molar-refractivity contribution in [1.29, 1.82) is 0 Å². The summed E-state index contributed by atoms with van der Waals surface area (Å²) in [5, 5.41) is 7.51. The van der Waals surface area contributed by atoms with Crippen molar-refractivity contribution < 1.29 is 0 Å². The summed E-state index contributed by atoms with van der Waals surface area (Å²) in [7, 11) is -2.86. The maximum atomic E-state index is 5.56. The smallest absolute Gasteiger partial charge is 0.238 e. The maximum absolute atomic E-state index is 5.56. The van der Waals surface area contributed by atoms with Gasteiger partial charge in [-0.2, -0.15) is 9.97 Å². The molecule has 4 heterocycles. The van der Waals surface area contributed by atoms with Gasteiger partial charge in [0.1, 0.15) is 0 Å². The molecular weight excluding hydrogens is 809 g/mol. The van der Waals surface area contributed by atoms with Crippen molar-refractivity contribution in [3.63, 3.8) is 0 Å². The molecule has 3 aromatic heterocycles. The molecule has 0 amide bonds. The Balaban J connectivity index is 1.13. The van der Waals surface area contributed by atoms with E-state index in [4.69, 9.17) is 19.9 Å². The molecule has 12 rings (SSSR count). The first-order chi connectivity index (χ1) is 32.0. The van der Waals surface area contributed by atoms with E-state index in [2.05, 4.69) is 224 Å². The van der Waals surface area contributed by atoms with E-state index in [9.17, 15) is 0 Å². The lowest BCUT2D eigenvalue weighted by Gasteiger charge is -2.50. The fourth-order valence-electron chi connectivity index (χ4n) is 11.6. The number of benzene rings is 7. The first-order valence-electron chi connectivity index (χ1n) is 22.9. The molecule has 2 unspecified atom stereocenters. The SMILES string of the molecule is CC12CCCCC1(C)N(c1ccccc1-c1nc(-c3cccc([Si](c4ccccc4)(c4ccccc4)c4ccccc4)c3)nc(-n3c4ccccc4c4ccccc43)n1)c1cnccc12. The van der Waals surface area contributed by atoms with Crippen LogP contribution in [0, 0.1) is 0 Å². The van der Waals surface area contributed by atoms with E-state index in [1.54, 1.807) is 0 Å². The lowest BCUT2D eigenvalue weighted by Crippen LogP contribution is -2.74. The molecule has 65 heavy (non-hydrogen) atoms. The second-order valence-corrected chi connectivity index (χ2v) is 21.9. The number of fused-ring (bicyclic) bond motifs is 6. The van der Waals surface area contributed by atoms with Gasteiger partial charge in [-0.25, -0.2) is 4.98 Å². The van der Waals surface area contributed by atoms with Gasteiger partial charge in [0.2, 0.25) is 5.95 Å². The molecule has 1 fully saturated rings. The lowest BCUT2D eigenvalue weighted by molar-refractivity contribution is 0.195. The maximum Gasteiger partial charge on any atom is 0.238 e. The summed E-state index contributed by atoms with van der Waals surface area (Å²) in [6.07, 6.45) is 8.62. The molecule has 6 nitrogen and oxygen atoms in total. The summed E-state index contributed by atoms with van der Waals surface area (Å²) in [6, 6.07) is 70.3. The van der Waals surface area contributed by atoms with Crippen LogP contribution in [0.1, 0.15) is 45.1 Å². The molecule has 2 aliphatic rings. The molecule has 0 spiro atoms. The van der Waals surface area contributed by atoms with Crippen LogP contribution >= 0.6 is 0 Å². The average Bonchev–Trinajstić information content (AvgIpc) is 3.81. The highest BCUT2D eigenvalue weighted by molar-refractivity contribution is 7.19. The van der Waals surface area contributed by atoms with Crippen molar-refractivity contribution in [2.45, 2.75) is 50.5 Å². The third-order valence-electron chi connectivity index (χ3n) is 14.9. The largest absolute Gasteiger partial charge is 0.333 e.